The van der Waals surface area contributed by atoms with E-state index in [1.165, 1.54) is 12.8 Å². The quantitative estimate of drug-likeness (QED) is 0.531. The van der Waals surface area contributed by atoms with E-state index in [2.05, 4.69) is 11.9 Å². The molecule has 0 N–H and O–H groups in total. The SMILES string of the molecule is CCCCCOc1cccnc1C=S. The molecule has 1 aromatic rings. The molecule has 0 saturated carbocycles. The van der Waals surface area contributed by atoms with Crippen LogP contribution >= 0.6 is 12.2 Å². The van der Waals surface area contributed by atoms with Crippen molar-refractivity contribution in [2.45, 2.75) is 26.2 Å². The van der Waals surface area contributed by atoms with Crippen molar-refractivity contribution in [2.24, 2.45) is 0 Å². The molecule has 14 heavy (non-hydrogen) atoms. The predicted octanol–water partition coefficient (Wildman–Crippen LogP) is 3.00. The van der Waals surface area contributed by atoms with E-state index in [1.54, 1.807) is 11.6 Å². The largest absolute Gasteiger partial charge is 0.491 e. The number of unbranched alkanes of at least 4 members (excludes halogenated alkanes) is 2. The fourth-order valence-corrected chi connectivity index (χ4v) is 1.32. The highest BCUT2D eigenvalue weighted by molar-refractivity contribution is 7.79. The Morgan fingerprint density at radius 2 is 2.36 bits per heavy atom. The van der Waals surface area contributed by atoms with Crippen LogP contribution in [0.1, 0.15) is 31.9 Å². The van der Waals surface area contributed by atoms with Gasteiger partial charge in [-0.25, -0.2) is 0 Å². The molecule has 1 heterocycles. The highest BCUT2D eigenvalue weighted by Crippen LogP contribution is 2.13. The molecule has 0 bridgehead atoms. The Balaban J connectivity index is 2.45. The summed E-state index contributed by atoms with van der Waals surface area (Å²) in [6.07, 6.45) is 5.21. The first-order valence-corrected chi connectivity index (χ1v) is 5.38. The van der Waals surface area contributed by atoms with Crippen LogP contribution < -0.4 is 4.74 Å². The lowest BCUT2D eigenvalue weighted by atomic mass is 10.3. The maximum absolute atomic E-state index is 5.57. The van der Waals surface area contributed by atoms with Gasteiger partial charge in [0, 0.05) is 11.6 Å². The topological polar surface area (TPSA) is 22.1 Å². The standard InChI is InChI=1S/C11H15NOS/c1-2-3-4-8-13-11-6-5-7-12-10(11)9-14/h5-7,9H,2-4,8H2,1H3. The van der Waals surface area contributed by atoms with Gasteiger partial charge in [0.15, 0.2) is 0 Å². The summed E-state index contributed by atoms with van der Waals surface area (Å²) in [5.41, 5.74) is 0.749. The number of hydrogen-bond donors (Lipinski definition) is 0. The van der Waals surface area contributed by atoms with Gasteiger partial charge in [0.1, 0.15) is 11.4 Å². The zero-order chi connectivity index (χ0) is 10.2. The van der Waals surface area contributed by atoms with Gasteiger partial charge in [-0.2, -0.15) is 0 Å². The van der Waals surface area contributed by atoms with Gasteiger partial charge < -0.3 is 4.74 Å². The summed E-state index contributed by atoms with van der Waals surface area (Å²) < 4.78 is 5.57. The fourth-order valence-electron chi connectivity index (χ4n) is 1.15. The van der Waals surface area contributed by atoms with Gasteiger partial charge in [0.25, 0.3) is 0 Å². The van der Waals surface area contributed by atoms with E-state index < -0.39 is 0 Å². The molecule has 0 radical (unpaired) electrons. The average Bonchev–Trinajstić information content (AvgIpc) is 2.25. The number of rotatable bonds is 6. The third-order valence-electron chi connectivity index (χ3n) is 1.92. The zero-order valence-corrected chi connectivity index (χ0v) is 9.22. The van der Waals surface area contributed by atoms with Crippen molar-refractivity contribution in [2.75, 3.05) is 6.61 Å². The fraction of sp³-hybridized carbons (Fsp3) is 0.455. The van der Waals surface area contributed by atoms with Crippen LogP contribution in [-0.4, -0.2) is 17.0 Å². The van der Waals surface area contributed by atoms with E-state index in [4.69, 9.17) is 17.0 Å². The molecule has 0 atom stereocenters. The van der Waals surface area contributed by atoms with Crippen molar-refractivity contribution in [3.63, 3.8) is 0 Å². The van der Waals surface area contributed by atoms with Gasteiger partial charge in [-0.05, 0) is 18.6 Å². The Kier molecular flexibility index (Phi) is 5.15. The number of aromatic nitrogens is 1. The number of ether oxygens (including phenoxy) is 1. The molecule has 0 spiro atoms. The van der Waals surface area contributed by atoms with E-state index in [9.17, 15) is 0 Å². The first-order valence-electron chi connectivity index (χ1n) is 4.91. The number of hydrogen-bond acceptors (Lipinski definition) is 3. The summed E-state index contributed by atoms with van der Waals surface area (Å²) in [7, 11) is 0. The molecule has 1 rings (SSSR count). The van der Waals surface area contributed by atoms with Crippen molar-refractivity contribution >= 4 is 17.6 Å². The van der Waals surface area contributed by atoms with Crippen LogP contribution in [0.4, 0.5) is 0 Å². The summed E-state index contributed by atoms with van der Waals surface area (Å²) in [6.45, 7) is 2.92. The Hall–Kier alpha value is -0.960. The van der Waals surface area contributed by atoms with Crippen LogP contribution in [-0.2, 0) is 0 Å². The highest BCUT2D eigenvalue weighted by atomic mass is 32.1. The van der Waals surface area contributed by atoms with E-state index in [-0.39, 0.29) is 0 Å². The molecule has 0 aliphatic heterocycles. The average molecular weight is 209 g/mol. The molecule has 2 nitrogen and oxygen atoms in total. The van der Waals surface area contributed by atoms with Crippen molar-refractivity contribution in [1.82, 2.24) is 4.98 Å². The van der Waals surface area contributed by atoms with Crippen LogP contribution in [0.25, 0.3) is 0 Å². The molecule has 76 valence electrons. The maximum atomic E-state index is 5.57. The van der Waals surface area contributed by atoms with Crippen molar-refractivity contribution in [1.29, 1.82) is 0 Å². The van der Waals surface area contributed by atoms with Crippen LogP contribution in [0.2, 0.25) is 0 Å². The minimum absolute atomic E-state index is 0.746. The zero-order valence-electron chi connectivity index (χ0n) is 8.40. The van der Waals surface area contributed by atoms with Gasteiger partial charge in [-0.3, -0.25) is 4.98 Å². The summed E-state index contributed by atoms with van der Waals surface area (Å²) >= 11 is 4.84. The van der Waals surface area contributed by atoms with Crippen LogP contribution in [0.3, 0.4) is 0 Å². The number of pyridine rings is 1. The normalized spacial score (nSPS) is 9.79. The second-order valence-corrected chi connectivity index (χ2v) is 3.30. The first kappa shape index (κ1) is 11.1. The van der Waals surface area contributed by atoms with E-state index in [0.717, 1.165) is 24.5 Å². The second-order valence-electron chi connectivity index (χ2n) is 3.06. The Labute approximate surface area is 90.3 Å². The van der Waals surface area contributed by atoms with Gasteiger partial charge >= 0.3 is 0 Å². The van der Waals surface area contributed by atoms with Crippen molar-refractivity contribution in [3.05, 3.63) is 24.0 Å². The molecule has 0 aliphatic rings. The molecular weight excluding hydrogens is 194 g/mol. The van der Waals surface area contributed by atoms with E-state index in [1.807, 2.05) is 12.1 Å². The Bertz CT molecular complexity index is 288. The Morgan fingerprint density at radius 1 is 1.50 bits per heavy atom. The first-order chi connectivity index (χ1) is 6.88. The summed E-state index contributed by atoms with van der Waals surface area (Å²) in [5.74, 6) is 0.790. The third-order valence-corrected chi connectivity index (χ3v) is 2.14. The monoisotopic (exact) mass is 209 g/mol. The molecule has 1 aromatic heterocycles. The van der Waals surface area contributed by atoms with Crippen molar-refractivity contribution < 1.29 is 4.74 Å². The minimum atomic E-state index is 0.746. The molecule has 0 saturated heterocycles. The van der Waals surface area contributed by atoms with Gasteiger partial charge in [0.05, 0.1) is 6.61 Å². The second kappa shape index (κ2) is 6.49. The van der Waals surface area contributed by atoms with E-state index in [0.29, 0.717) is 0 Å². The van der Waals surface area contributed by atoms with Gasteiger partial charge in [0.2, 0.25) is 0 Å². The molecule has 0 unspecified atom stereocenters. The summed E-state index contributed by atoms with van der Waals surface area (Å²) in [6, 6.07) is 3.76. The lowest BCUT2D eigenvalue weighted by Crippen LogP contribution is -2.00. The maximum Gasteiger partial charge on any atom is 0.145 e. The molecule has 3 heteroatoms. The summed E-state index contributed by atoms with van der Waals surface area (Å²) in [4.78, 5) is 4.11. The van der Waals surface area contributed by atoms with Gasteiger partial charge in [-0.15, -0.1) is 0 Å². The lowest BCUT2D eigenvalue weighted by Gasteiger charge is -2.06. The van der Waals surface area contributed by atoms with Crippen LogP contribution in [0.15, 0.2) is 18.3 Å². The highest BCUT2D eigenvalue weighted by Gasteiger charge is 1.99. The lowest BCUT2D eigenvalue weighted by molar-refractivity contribution is 0.305. The Morgan fingerprint density at radius 3 is 3.07 bits per heavy atom. The molecule has 0 aliphatic carbocycles. The molecule has 0 fully saturated rings. The number of thiocarbonyl (C=S) groups is 1. The minimum Gasteiger partial charge on any atom is -0.491 e. The van der Waals surface area contributed by atoms with Crippen LogP contribution in [0, 0.1) is 0 Å². The predicted molar refractivity (Wildman–Crippen MR) is 62.0 cm³/mol. The molecular formula is C11H15NOS. The third kappa shape index (κ3) is 3.42. The molecule has 0 amide bonds. The van der Waals surface area contributed by atoms with Crippen molar-refractivity contribution in [3.8, 4) is 5.75 Å². The van der Waals surface area contributed by atoms with Crippen LogP contribution in [0.5, 0.6) is 5.75 Å². The number of nitrogens with zero attached hydrogens (tertiary/aromatic N) is 1. The smallest absolute Gasteiger partial charge is 0.145 e. The molecule has 0 aromatic carbocycles. The van der Waals surface area contributed by atoms with Gasteiger partial charge in [-0.1, -0.05) is 32.0 Å². The summed E-state index contributed by atoms with van der Waals surface area (Å²) in [5, 5.41) is 1.55. The van der Waals surface area contributed by atoms with E-state index >= 15 is 0 Å².